The Kier molecular flexibility index (Phi) is 8.79. The van der Waals surface area contributed by atoms with Gasteiger partial charge in [-0.15, -0.1) is 0 Å². The Hall–Kier alpha value is -2.62. The summed E-state index contributed by atoms with van der Waals surface area (Å²) in [6.45, 7) is 4.01. The number of carboxylic acids is 1. The van der Waals surface area contributed by atoms with Crippen molar-refractivity contribution in [3.05, 3.63) is 58.5 Å². The number of hydrogen-bond donors (Lipinski definition) is 2. The Morgan fingerprint density at radius 1 is 1.31 bits per heavy atom. The number of alkyl halides is 1. The Morgan fingerprint density at radius 2 is 2.18 bits per heavy atom. The zero-order chi connectivity index (χ0) is 27.4. The summed E-state index contributed by atoms with van der Waals surface area (Å²) < 4.78 is 40.5. The standard InChI is InChI=1S/C30H39F2N3O4/c1-30(32)13-11-26(39-19-30)24-10-8-21(31)17-25(24)27(29(36)37)35-15-12-23(18-35)38-16-3-2-6-22-9-7-20-5-4-14-33-28(20)34-22/h7-10,17,23,26-27H,2-6,11-16,18-19H2,1H3,(H,33,34)(H,36,37)/t23-,26?,27?,30?/m1/s1. The van der Waals surface area contributed by atoms with Crippen LogP contribution in [0.3, 0.4) is 0 Å². The molecule has 2 fully saturated rings. The van der Waals surface area contributed by atoms with Gasteiger partial charge in [0.2, 0.25) is 0 Å². The number of unbranched alkanes of at least 4 members (excludes halogenated alkanes) is 1. The predicted molar refractivity (Wildman–Crippen MR) is 144 cm³/mol. The number of carboxylic acid groups (broad SMARTS) is 1. The highest BCUT2D eigenvalue weighted by Gasteiger charge is 2.38. The summed E-state index contributed by atoms with van der Waals surface area (Å²) in [5.74, 6) is -0.519. The molecule has 0 saturated carbocycles. The van der Waals surface area contributed by atoms with Crippen molar-refractivity contribution in [3.8, 4) is 0 Å². The molecule has 5 rings (SSSR count). The molecule has 0 radical (unpaired) electrons. The highest BCUT2D eigenvalue weighted by molar-refractivity contribution is 5.76. The first-order valence-electron chi connectivity index (χ1n) is 14.2. The van der Waals surface area contributed by atoms with Gasteiger partial charge >= 0.3 is 5.97 Å². The number of aromatic nitrogens is 1. The summed E-state index contributed by atoms with van der Waals surface area (Å²) in [5, 5.41) is 13.6. The normalized spacial score (nSPS) is 26.1. The van der Waals surface area contributed by atoms with E-state index in [1.54, 1.807) is 6.07 Å². The predicted octanol–water partition coefficient (Wildman–Crippen LogP) is 5.40. The Bertz CT molecular complexity index is 1150. The molecule has 0 aliphatic carbocycles. The summed E-state index contributed by atoms with van der Waals surface area (Å²) in [6, 6.07) is 7.46. The van der Waals surface area contributed by atoms with Crippen LogP contribution in [0.4, 0.5) is 14.6 Å². The topological polar surface area (TPSA) is 83.9 Å². The third-order valence-electron chi connectivity index (χ3n) is 8.11. The number of ether oxygens (including phenoxy) is 2. The second-order valence-electron chi connectivity index (χ2n) is 11.3. The number of aryl methyl sites for hydroxylation is 2. The maximum Gasteiger partial charge on any atom is 0.325 e. The van der Waals surface area contributed by atoms with E-state index in [1.807, 2.05) is 4.90 Å². The molecule has 0 amide bonds. The number of halogens is 2. The van der Waals surface area contributed by atoms with Crippen molar-refractivity contribution in [2.24, 2.45) is 0 Å². The highest BCUT2D eigenvalue weighted by atomic mass is 19.1. The molecule has 1 aromatic heterocycles. The lowest BCUT2D eigenvalue weighted by atomic mass is 9.89. The molecule has 2 aromatic rings. The molecule has 1 aromatic carbocycles. The number of likely N-dealkylation sites (tertiary alicyclic amines) is 1. The zero-order valence-electron chi connectivity index (χ0n) is 22.6. The molecule has 0 bridgehead atoms. The van der Waals surface area contributed by atoms with Gasteiger partial charge in [0.05, 0.1) is 18.8 Å². The molecule has 4 atom stereocenters. The lowest BCUT2D eigenvalue weighted by molar-refractivity contribution is -0.143. The average Bonchev–Trinajstić information content (AvgIpc) is 3.37. The van der Waals surface area contributed by atoms with Crippen LogP contribution in [0, 0.1) is 5.82 Å². The largest absolute Gasteiger partial charge is 0.480 e. The first-order chi connectivity index (χ1) is 18.8. The van der Waals surface area contributed by atoms with Gasteiger partial charge < -0.3 is 19.9 Å². The second-order valence-corrected chi connectivity index (χ2v) is 11.3. The van der Waals surface area contributed by atoms with E-state index < -0.39 is 29.6 Å². The molecule has 3 unspecified atom stereocenters. The van der Waals surface area contributed by atoms with Gasteiger partial charge in [-0.05, 0) is 93.2 Å². The van der Waals surface area contributed by atoms with Crippen molar-refractivity contribution >= 4 is 11.8 Å². The quantitative estimate of drug-likeness (QED) is 0.389. The Morgan fingerprint density at radius 3 is 2.97 bits per heavy atom. The van der Waals surface area contributed by atoms with Crippen molar-refractivity contribution in [2.45, 2.75) is 82.2 Å². The third-order valence-corrected chi connectivity index (χ3v) is 8.11. The van der Waals surface area contributed by atoms with Gasteiger partial charge in [0, 0.05) is 31.9 Å². The number of hydrogen-bond acceptors (Lipinski definition) is 6. The summed E-state index contributed by atoms with van der Waals surface area (Å²) >= 11 is 0. The van der Waals surface area contributed by atoms with Gasteiger partial charge in [0.15, 0.2) is 0 Å². The van der Waals surface area contributed by atoms with E-state index >= 15 is 0 Å². The van der Waals surface area contributed by atoms with E-state index in [0.717, 1.165) is 50.2 Å². The van der Waals surface area contributed by atoms with Crippen molar-refractivity contribution < 1.29 is 28.2 Å². The van der Waals surface area contributed by atoms with E-state index in [9.17, 15) is 18.7 Å². The fourth-order valence-corrected chi connectivity index (χ4v) is 5.96. The maximum atomic E-state index is 14.3. The third kappa shape index (κ3) is 6.94. The molecular formula is C30H39F2N3O4. The van der Waals surface area contributed by atoms with Gasteiger partial charge in [0.1, 0.15) is 23.3 Å². The van der Waals surface area contributed by atoms with Crippen molar-refractivity contribution in [1.29, 1.82) is 0 Å². The molecule has 2 saturated heterocycles. The minimum absolute atomic E-state index is 0.0642. The molecule has 3 aliphatic heterocycles. The maximum absolute atomic E-state index is 14.3. The van der Waals surface area contributed by atoms with Crippen LogP contribution >= 0.6 is 0 Å². The molecule has 212 valence electrons. The summed E-state index contributed by atoms with van der Waals surface area (Å²) in [5.41, 5.74) is 1.97. The number of aliphatic carboxylic acids is 1. The molecule has 3 aliphatic rings. The van der Waals surface area contributed by atoms with E-state index in [-0.39, 0.29) is 12.7 Å². The van der Waals surface area contributed by atoms with E-state index in [2.05, 4.69) is 17.4 Å². The number of fused-ring (bicyclic) bond motifs is 1. The van der Waals surface area contributed by atoms with Gasteiger partial charge in [-0.2, -0.15) is 0 Å². The molecule has 7 nitrogen and oxygen atoms in total. The first-order valence-corrected chi connectivity index (χ1v) is 14.2. The number of carbonyl (C=O) groups is 1. The molecule has 9 heteroatoms. The fourth-order valence-electron chi connectivity index (χ4n) is 5.96. The SMILES string of the molecule is CC1(F)CCC(c2ccc(F)cc2C(C(=O)O)N2CC[C@@H](OCCCCc3ccc4c(n3)NCCC4)C2)OC1. The monoisotopic (exact) mass is 543 g/mol. The van der Waals surface area contributed by atoms with Crippen LogP contribution < -0.4 is 5.32 Å². The first kappa shape index (κ1) is 27.9. The number of rotatable bonds is 10. The number of nitrogens with one attached hydrogen (secondary N) is 1. The average molecular weight is 544 g/mol. The Balaban J connectivity index is 1.14. The lowest BCUT2D eigenvalue weighted by Crippen LogP contribution is -2.36. The minimum Gasteiger partial charge on any atom is -0.480 e. The van der Waals surface area contributed by atoms with Crippen LogP contribution in [-0.4, -0.2) is 65.6 Å². The van der Waals surface area contributed by atoms with Crippen LogP contribution in [0.5, 0.6) is 0 Å². The van der Waals surface area contributed by atoms with E-state index in [4.69, 9.17) is 14.5 Å². The number of nitrogens with zero attached hydrogens (tertiary/aromatic N) is 2. The second kappa shape index (κ2) is 12.3. The van der Waals surface area contributed by atoms with E-state index in [0.29, 0.717) is 50.1 Å². The van der Waals surface area contributed by atoms with Gasteiger partial charge in [0.25, 0.3) is 0 Å². The van der Waals surface area contributed by atoms with Crippen LogP contribution in [0.2, 0.25) is 0 Å². The van der Waals surface area contributed by atoms with Gasteiger partial charge in [-0.1, -0.05) is 12.1 Å². The zero-order valence-corrected chi connectivity index (χ0v) is 22.6. The van der Waals surface area contributed by atoms with Crippen LogP contribution in [0.15, 0.2) is 30.3 Å². The fraction of sp³-hybridized carbons (Fsp3) is 0.600. The number of pyridine rings is 1. The van der Waals surface area contributed by atoms with Crippen LogP contribution in [0.25, 0.3) is 0 Å². The number of benzene rings is 1. The lowest BCUT2D eigenvalue weighted by Gasteiger charge is -2.34. The van der Waals surface area contributed by atoms with Crippen molar-refractivity contribution in [3.63, 3.8) is 0 Å². The summed E-state index contributed by atoms with van der Waals surface area (Å²) in [7, 11) is 0. The molecule has 39 heavy (non-hydrogen) atoms. The van der Waals surface area contributed by atoms with E-state index in [1.165, 1.54) is 24.6 Å². The Labute approximate surface area is 228 Å². The molecule has 2 N–H and O–H groups in total. The smallest absolute Gasteiger partial charge is 0.325 e. The van der Waals surface area contributed by atoms with Gasteiger partial charge in [-0.25, -0.2) is 13.8 Å². The minimum atomic E-state index is -1.41. The van der Waals surface area contributed by atoms with Crippen LogP contribution in [0.1, 0.15) is 80.0 Å². The highest BCUT2D eigenvalue weighted by Crippen LogP contribution is 2.39. The number of anilines is 1. The van der Waals surface area contributed by atoms with Crippen molar-refractivity contribution in [2.75, 3.05) is 38.2 Å². The summed E-state index contributed by atoms with van der Waals surface area (Å²) in [4.78, 5) is 19.0. The van der Waals surface area contributed by atoms with Gasteiger partial charge in [-0.3, -0.25) is 9.69 Å². The molecular weight excluding hydrogens is 504 g/mol. The molecule has 4 heterocycles. The van der Waals surface area contributed by atoms with Crippen molar-refractivity contribution in [1.82, 2.24) is 9.88 Å². The van der Waals surface area contributed by atoms with Crippen LogP contribution in [-0.2, 0) is 27.1 Å². The summed E-state index contributed by atoms with van der Waals surface area (Å²) in [6.07, 6.45) is 5.89. The molecule has 0 spiro atoms.